The summed E-state index contributed by atoms with van der Waals surface area (Å²) in [7, 11) is 0. The second kappa shape index (κ2) is 10.2. The Balaban J connectivity index is 1.54. The van der Waals surface area contributed by atoms with Gasteiger partial charge in [0.15, 0.2) is 11.7 Å². The van der Waals surface area contributed by atoms with E-state index in [0.717, 1.165) is 44.9 Å². The van der Waals surface area contributed by atoms with Crippen LogP contribution in [0.4, 0.5) is 13.2 Å². The van der Waals surface area contributed by atoms with Crippen molar-refractivity contribution < 1.29 is 18.0 Å². The molecule has 3 aliphatic rings. The van der Waals surface area contributed by atoms with Crippen LogP contribution in [0.15, 0.2) is 35.2 Å². The Morgan fingerprint density at radius 2 is 1.94 bits per heavy atom. The zero-order valence-corrected chi connectivity index (χ0v) is 19.0. The molecule has 2 heterocycles. The van der Waals surface area contributed by atoms with Crippen LogP contribution in [0.5, 0.6) is 0 Å². The maximum absolute atomic E-state index is 13.9. The first-order valence-electron chi connectivity index (χ1n) is 12.1. The average molecular weight is 463 g/mol. The van der Waals surface area contributed by atoms with Gasteiger partial charge in [-0.25, -0.2) is 0 Å². The predicted molar refractivity (Wildman–Crippen MR) is 123 cm³/mol. The van der Waals surface area contributed by atoms with Crippen LogP contribution in [0, 0.1) is 11.3 Å². The standard InChI is InChI=1S/C25H33F3N4O/c26-25(27,28)20-16-19(14-13-18(20)12-11-17-6-1-2-7-17)21-8-3-4-10-23(33-31-21)22-9-5-15-32(22)24(29)30/h10,13-14,16-17,22H,1-9,11-12,15H2,(H3,29,30)/b23-10+,31-21+/t22-/m0/s1. The molecule has 8 heteroatoms. The van der Waals surface area contributed by atoms with Crippen molar-refractivity contribution in [2.75, 3.05) is 6.54 Å². The van der Waals surface area contributed by atoms with Gasteiger partial charge in [0.2, 0.25) is 0 Å². The molecule has 2 fully saturated rings. The van der Waals surface area contributed by atoms with Gasteiger partial charge in [0.1, 0.15) is 0 Å². The SMILES string of the molecule is N=C(N)N1CCC[C@H]1/C1=C\CCC/C(c2ccc(CCC3CCCC3)c(C(F)(F)F)c2)=N\O1. The zero-order chi connectivity index (χ0) is 23.4. The van der Waals surface area contributed by atoms with Crippen LogP contribution in [-0.4, -0.2) is 29.2 Å². The van der Waals surface area contributed by atoms with Gasteiger partial charge in [0, 0.05) is 6.54 Å². The quantitative estimate of drug-likeness (QED) is 0.418. The summed E-state index contributed by atoms with van der Waals surface area (Å²) in [6, 6.07) is 4.48. The molecule has 1 aromatic carbocycles. The van der Waals surface area contributed by atoms with Gasteiger partial charge in [-0.2, -0.15) is 13.2 Å². The number of rotatable bonds is 5. The number of allylic oxidation sites excluding steroid dienone is 1. The van der Waals surface area contributed by atoms with E-state index in [-0.39, 0.29) is 12.0 Å². The lowest BCUT2D eigenvalue weighted by atomic mass is 9.92. The molecular formula is C25H33F3N4O. The lowest BCUT2D eigenvalue weighted by molar-refractivity contribution is -0.138. The van der Waals surface area contributed by atoms with E-state index >= 15 is 0 Å². The molecule has 1 atom stereocenters. The molecule has 0 bridgehead atoms. The van der Waals surface area contributed by atoms with Crippen LogP contribution in [0.1, 0.15) is 80.9 Å². The highest BCUT2D eigenvalue weighted by atomic mass is 19.4. The van der Waals surface area contributed by atoms with Crippen molar-refractivity contribution in [2.45, 2.75) is 82.8 Å². The van der Waals surface area contributed by atoms with Crippen molar-refractivity contribution in [1.82, 2.24) is 4.90 Å². The minimum absolute atomic E-state index is 0.00345. The zero-order valence-electron chi connectivity index (χ0n) is 19.0. The topological polar surface area (TPSA) is 74.7 Å². The van der Waals surface area contributed by atoms with Crippen molar-refractivity contribution >= 4 is 11.7 Å². The monoisotopic (exact) mass is 462 g/mol. The normalized spacial score (nSPS) is 25.5. The summed E-state index contributed by atoms with van der Waals surface area (Å²) in [5.74, 6) is 1.17. The third-order valence-corrected chi connectivity index (χ3v) is 7.16. The number of likely N-dealkylation sites (tertiary alicyclic amines) is 1. The maximum Gasteiger partial charge on any atom is 0.416 e. The minimum atomic E-state index is -4.40. The van der Waals surface area contributed by atoms with E-state index in [4.69, 9.17) is 16.0 Å². The van der Waals surface area contributed by atoms with E-state index in [0.29, 0.717) is 47.9 Å². The van der Waals surface area contributed by atoms with Crippen molar-refractivity contribution in [3.63, 3.8) is 0 Å². The molecule has 0 amide bonds. The first-order chi connectivity index (χ1) is 15.8. The molecule has 1 aliphatic carbocycles. The predicted octanol–water partition coefficient (Wildman–Crippen LogP) is 5.97. The van der Waals surface area contributed by atoms with Gasteiger partial charge < -0.3 is 15.5 Å². The van der Waals surface area contributed by atoms with E-state index in [1.165, 1.54) is 18.9 Å². The summed E-state index contributed by atoms with van der Waals surface area (Å²) >= 11 is 0. The third kappa shape index (κ3) is 5.71. The third-order valence-electron chi connectivity index (χ3n) is 7.16. The molecule has 0 unspecified atom stereocenters. The largest absolute Gasteiger partial charge is 0.416 e. The Labute approximate surface area is 193 Å². The molecule has 1 saturated heterocycles. The van der Waals surface area contributed by atoms with E-state index in [9.17, 15) is 13.2 Å². The fourth-order valence-electron chi connectivity index (χ4n) is 5.35. The summed E-state index contributed by atoms with van der Waals surface area (Å²) in [5, 5.41) is 12.1. The molecule has 0 spiro atoms. The van der Waals surface area contributed by atoms with Gasteiger partial charge in [-0.1, -0.05) is 43.0 Å². The lowest BCUT2D eigenvalue weighted by Gasteiger charge is -2.26. The number of hydrogen-bond acceptors (Lipinski definition) is 3. The molecule has 2 aliphatic heterocycles. The second-order valence-electron chi connectivity index (χ2n) is 9.42. The van der Waals surface area contributed by atoms with Crippen molar-refractivity contribution in [3.05, 3.63) is 46.7 Å². The number of alkyl halides is 3. The first kappa shape index (κ1) is 23.6. The van der Waals surface area contributed by atoms with Gasteiger partial charge in [0.25, 0.3) is 0 Å². The van der Waals surface area contributed by atoms with E-state index in [2.05, 4.69) is 5.16 Å². The molecule has 180 valence electrons. The van der Waals surface area contributed by atoms with Crippen LogP contribution in [0.25, 0.3) is 0 Å². The highest BCUT2D eigenvalue weighted by molar-refractivity contribution is 6.00. The number of nitrogens with zero attached hydrogens (tertiary/aromatic N) is 2. The number of aryl methyl sites for hydroxylation is 1. The Hall–Kier alpha value is -2.51. The molecule has 0 radical (unpaired) electrons. The Kier molecular flexibility index (Phi) is 7.29. The Bertz CT molecular complexity index is 919. The van der Waals surface area contributed by atoms with Crippen molar-refractivity contribution in [1.29, 1.82) is 5.41 Å². The fourth-order valence-corrected chi connectivity index (χ4v) is 5.35. The molecule has 0 aromatic heterocycles. The van der Waals surface area contributed by atoms with E-state index in [1.807, 2.05) is 6.08 Å². The number of benzene rings is 1. The maximum atomic E-state index is 13.9. The van der Waals surface area contributed by atoms with E-state index in [1.54, 1.807) is 17.0 Å². The van der Waals surface area contributed by atoms with Gasteiger partial charge in [-0.3, -0.25) is 5.41 Å². The van der Waals surface area contributed by atoms with Crippen molar-refractivity contribution in [2.24, 2.45) is 16.8 Å². The molecule has 3 N–H and O–H groups in total. The van der Waals surface area contributed by atoms with Crippen LogP contribution in [0.3, 0.4) is 0 Å². The molecule has 1 aromatic rings. The van der Waals surface area contributed by atoms with Gasteiger partial charge in [-0.15, -0.1) is 0 Å². The van der Waals surface area contributed by atoms with Gasteiger partial charge >= 0.3 is 6.18 Å². The molecule has 33 heavy (non-hydrogen) atoms. The molecular weight excluding hydrogens is 429 g/mol. The molecule has 5 nitrogen and oxygen atoms in total. The van der Waals surface area contributed by atoms with Gasteiger partial charge in [0.05, 0.1) is 17.3 Å². The van der Waals surface area contributed by atoms with Crippen LogP contribution >= 0.6 is 0 Å². The second-order valence-corrected chi connectivity index (χ2v) is 9.42. The summed E-state index contributed by atoms with van der Waals surface area (Å²) in [6.07, 6.45) is 7.25. The number of nitrogens with two attached hydrogens (primary N) is 1. The fraction of sp³-hybridized carbons (Fsp3) is 0.600. The highest BCUT2D eigenvalue weighted by Gasteiger charge is 2.34. The van der Waals surface area contributed by atoms with Gasteiger partial charge in [-0.05, 0) is 74.1 Å². The van der Waals surface area contributed by atoms with Crippen LogP contribution in [0.2, 0.25) is 0 Å². The number of nitrogens with one attached hydrogen (secondary N) is 1. The summed E-state index contributed by atoms with van der Waals surface area (Å²) in [6.45, 7) is 0.689. The summed E-state index contributed by atoms with van der Waals surface area (Å²) in [4.78, 5) is 7.54. The number of hydrogen-bond donors (Lipinski definition) is 2. The van der Waals surface area contributed by atoms with Crippen molar-refractivity contribution in [3.8, 4) is 0 Å². The van der Waals surface area contributed by atoms with Crippen LogP contribution in [-0.2, 0) is 17.4 Å². The number of halogens is 3. The minimum Gasteiger partial charge on any atom is -0.370 e. The molecule has 1 saturated carbocycles. The Morgan fingerprint density at radius 3 is 2.67 bits per heavy atom. The smallest absolute Gasteiger partial charge is 0.370 e. The Morgan fingerprint density at radius 1 is 1.15 bits per heavy atom. The van der Waals surface area contributed by atoms with E-state index < -0.39 is 11.7 Å². The molecule has 4 rings (SSSR count). The summed E-state index contributed by atoms with van der Waals surface area (Å²) < 4.78 is 41.7. The first-order valence-corrected chi connectivity index (χ1v) is 12.1. The number of oxime groups is 1. The lowest BCUT2D eigenvalue weighted by Crippen LogP contribution is -2.41. The summed E-state index contributed by atoms with van der Waals surface area (Å²) in [5.41, 5.74) is 6.50. The highest BCUT2D eigenvalue weighted by Crippen LogP contribution is 2.36. The number of guanidine groups is 1. The van der Waals surface area contributed by atoms with Crippen LogP contribution < -0.4 is 5.73 Å². The average Bonchev–Trinajstić information content (AvgIpc) is 3.44.